The van der Waals surface area contributed by atoms with Gasteiger partial charge in [-0.1, -0.05) is 24.6 Å². The summed E-state index contributed by atoms with van der Waals surface area (Å²) in [6, 6.07) is 14.4. The van der Waals surface area contributed by atoms with Crippen molar-refractivity contribution in [3.63, 3.8) is 0 Å². The summed E-state index contributed by atoms with van der Waals surface area (Å²) in [7, 11) is 1.70. The second-order valence-electron chi connectivity index (χ2n) is 10.1. The van der Waals surface area contributed by atoms with Crippen molar-refractivity contribution >= 4 is 11.6 Å². The molecule has 2 N–H and O–H groups in total. The van der Waals surface area contributed by atoms with Gasteiger partial charge in [-0.15, -0.1) is 0 Å². The standard InChI is InChI=1S/C29H34N4O2/c1-19-14-25(23-4-3-5-23)26(27-17-31-28(32-27)18-35-2)15-24(19)29(34)33-12-10-22(11-13-33)21-8-6-20(16-30)7-9-21/h6-9,14-15,17,22-23,28,31-32H,3-5,10-13,18H2,1-2H3. The molecule has 2 aromatic rings. The van der Waals surface area contributed by atoms with Gasteiger partial charge in [0, 0.05) is 37.5 Å². The maximum Gasteiger partial charge on any atom is 0.254 e. The number of amides is 1. The third-order valence-electron chi connectivity index (χ3n) is 7.85. The average Bonchev–Trinajstić information content (AvgIpc) is 3.31. The van der Waals surface area contributed by atoms with Gasteiger partial charge in [0.25, 0.3) is 5.91 Å². The number of piperidine rings is 1. The molecule has 1 atom stereocenters. The Morgan fingerprint density at radius 3 is 2.49 bits per heavy atom. The van der Waals surface area contributed by atoms with Crippen LogP contribution in [0.2, 0.25) is 0 Å². The predicted octanol–water partition coefficient (Wildman–Crippen LogP) is 4.62. The molecule has 2 aliphatic heterocycles. The molecule has 1 unspecified atom stereocenters. The summed E-state index contributed by atoms with van der Waals surface area (Å²) in [5.41, 5.74) is 7.35. The van der Waals surface area contributed by atoms with Crippen LogP contribution in [-0.4, -0.2) is 43.8 Å². The number of hydrogen-bond acceptors (Lipinski definition) is 5. The van der Waals surface area contributed by atoms with Crippen molar-refractivity contribution < 1.29 is 9.53 Å². The highest BCUT2D eigenvalue weighted by Gasteiger charge is 2.30. The summed E-state index contributed by atoms with van der Waals surface area (Å²) in [4.78, 5) is 15.7. The molecule has 3 aliphatic rings. The number of rotatable bonds is 6. The van der Waals surface area contributed by atoms with Crippen molar-refractivity contribution in [2.45, 2.75) is 57.0 Å². The molecule has 0 aromatic heterocycles. The molecule has 2 fully saturated rings. The lowest BCUT2D eigenvalue weighted by molar-refractivity contribution is 0.0712. The van der Waals surface area contributed by atoms with Crippen LogP contribution < -0.4 is 10.6 Å². The Balaban J connectivity index is 1.33. The van der Waals surface area contributed by atoms with Gasteiger partial charge in [0.2, 0.25) is 0 Å². The van der Waals surface area contributed by atoms with Gasteiger partial charge in [0.05, 0.1) is 23.9 Å². The van der Waals surface area contributed by atoms with Crippen LogP contribution in [0, 0.1) is 18.3 Å². The van der Waals surface area contributed by atoms with Crippen molar-refractivity contribution in [3.8, 4) is 6.07 Å². The van der Waals surface area contributed by atoms with Gasteiger partial charge in [-0.2, -0.15) is 5.26 Å². The Kier molecular flexibility index (Phi) is 6.79. The molecule has 0 bridgehead atoms. The second-order valence-corrected chi connectivity index (χ2v) is 10.1. The third kappa shape index (κ3) is 4.78. The highest BCUT2D eigenvalue weighted by Crippen LogP contribution is 2.41. The molecule has 1 aliphatic carbocycles. The Hall–Kier alpha value is -3.30. The van der Waals surface area contributed by atoms with Crippen molar-refractivity contribution in [1.82, 2.24) is 15.5 Å². The topological polar surface area (TPSA) is 77.4 Å². The Labute approximate surface area is 208 Å². The molecular weight excluding hydrogens is 436 g/mol. The molecule has 5 rings (SSSR count). The molecule has 1 saturated carbocycles. The predicted molar refractivity (Wildman–Crippen MR) is 137 cm³/mol. The van der Waals surface area contributed by atoms with Gasteiger partial charge >= 0.3 is 0 Å². The zero-order valence-electron chi connectivity index (χ0n) is 20.6. The van der Waals surface area contributed by atoms with Crippen molar-refractivity contribution in [1.29, 1.82) is 5.26 Å². The maximum absolute atomic E-state index is 13.7. The molecular formula is C29H34N4O2. The average molecular weight is 471 g/mol. The number of aryl methyl sites for hydroxylation is 1. The number of carbonyl (C=O) groups is 1. The van der Waals surface area contributed by atoms with E-state index in [1.54, 1.807) is 7.11 Å². The minimum absolute atomic E-state index is 0.0472. The fourth-order valence-corrected chi connectivity index (χ4v) is 5.53. The number of nitrogens with one attached hydrogen (secondary N) is 2. The summed E-state index contributed by atoms with van der Waals surface area (Å²) >= 11 is 0. The van der Waals surface area contributed by atoms with E-state index in [0.717, 1.165) is 48.3 Å². The molecule has 182 valence electrons. The second kappa shape index (κ2) is 10.1. The van der Waals surface area contributed by atoms with Crippen LogP contribution in [0.4, 0.5) is 0 Å². The number of methoxy groups -OCH3 is 1. The first-order valence-electron chi connectivity index (χ1n) is 12.7. The van der Waals surface area contributed by atoms with Crippen LogP contribution in [0.1, 0.15) is 82.1 Å². The molecule has 0 spiro atoms. The minimum atomic E-state index is 0.0472. The molecule has 35 heavy (non-hydrogen) atoms. The number of ether oxygens (including phenoxy) is 1. The summed E-state index contributed by atoms with van der Waals surface area (Å²) in [6.07, 6.45) is 7.65. The Bertz CT molecular complexity index is 1150. The molecule has 6 nitrogen and oxygen atoms in total. The zero-order chi connectivity index (χ0) is 24.4. The number of benzene rings is 2. The van der Waals surface area contributed by atoms with Gasteiger partial charge in [-0.05, 0) is 79.3 Å². The summed E-state index contributed by atoms with van der Waals surface area (Å²) in [6.45, 7) is 4.15. The first-order valence-corrected chi connectivity index (χ1v) is 12.7. The maximum atomic E-state index is 13.7. The van der Waals surface area contributed by atoms with Crippen LogP contribution in [0.25, 0.3) is 5.70 Å². The van der Waals surface area contributed by atoms with E-state index in [2.05, 4.69) is 47.9 Å². The van der Waals surface area contributed by atoms with Crippen LogP contribution in [0.15, 0.2) is 42.6 Å². The van der Waals surface area contributed by atoms with E-state index in [-0.39, 0.29) is 12.1 Å². The highest BCUT2D eigenvalue weighted by atomic mass is 16.5. The molecule has 1 amide bonds. The van der Waals surface area contributed by atoms with E-state index in [1.165, 1.54) is 30.4 Å². The fourth-order valence-electron chi connectivity index (χ4n) is 5.53. The molecule has 2 heterocycles. The van der Waals surface area contributed by atoms with Crippen molar-refractivity contribution in [3.05, 3.63) is 76.0 Å². The normalized spacial score (nSPS) is 20.4. The van der Waals surface area contributed by atoms with E-state index in [4.69, 9.17) is 10.00 Å². The van der Waals surface area contributed by atoms with Crippen LogP contribution in [-0.2, 0) is 4.74 Å². The Morgan fingerprint density at radius 1 is 1.11 bits per heavy atom. The minimum Gasteiger partial charge on any atom is -0.381 e. The van der Waals surface area contributed by atoms with Gasteiger partial charge in [-0.3, -0.25) is 4.79 Å². The molecule has 2 aromatic carbocycles. The van der Waals surface area contributed by atoms with E-state index in [1.807, 2.05) is 23.2 Å². The number of carbonyl (C=O) groups excluding carboxylic acids is 1. The third-order valence-corrected chi connectivity index (χ3v) is 7.85. The number of nitriles is 1. The largest absolute Gasteiger partial charge is 0.381 e. The summed E-state index contributed by atoms with van der Waals surface area (Å²) in [5, 5.41) is 15.9. The lowest BCUT2D eigenvalue weighted by Crippen LogP contribution is -2.38. The molecule has 1 saturated heterocycles. The fraction of sp³-hybridized carbons (Fsp3) is 0.448. The first kappa shape index (κ1) is 23.4. The Morgan fingerprint density at radius 2 is 1.86 bits per heavy atom. The van der Waals surface area contributed by atoms with E-state index < -0.39 is 0 Å². The van der Waals surface area contributed by atoms with Gasteiger partial charge in [-0.25, -0.2) is 0 Å². The van der Waals surface area contributed by atoms with Gasteiger partial charge in [0.1, 0.15) is 6.17 Å². The smallest absolute Gasteiger partial charge is 0.254 e. The lowest BCUT2D eigenvalue weighted by atomic mass is 9.76. The quantitative estimate of drug-likeness (QED) is 0.644. The monoisotopic (exact) mass is 470 g/mol. The van der Waals surface area contributed by atoms with E-state index in [0.29, 0.717) is 24.0 Å². The van der Waals surface area contributed by atoms with E-state index >= 15 is 0 Å². The number of hydrogen-bond donors (Lipinski definition) is 2. The number of nitrogens with zero attached hydrogens (tertiary/aromatic N) is 2. The van der Waals surface area contributed by atoms with Gasteiger partial charge in [0.15, 0.2) is 0 Å². The van der Waals surface area contributed by atoms with Gasteiger partial charge < -0.3 is 20.3 Å². The van der Waals surface area contributed by atoms with Crippen LogP contribution >= 0.6 is 0 Å². The van der Waals surface area contributed by atoms with E-state index in [9.17, 15) is 4.79 Å². The van der Waals surface area contributed by atoms with Crippen LogP contribution in [0.5, 0.6) is 0 Å². The molecule has 6 heteroatoms. The summed E-state index contributed by atoms with van der Waals surface area (Å²) < 4.78 is 5.30. The highest BCUT2D eigenvalue weighted by molar-refractivity contribution is 5.97. The SMILES string of the molecule is COCC1NC=C(c2cc(C(=O)N3CCC(c4ccc(C#N)cc4)CC3)c(C)cc2C2CCC2)N1. The van der Waals surface area contributed by atoms with Crippen LogP contribution in [0.3, 0.4) is 0 Å². The van der Waals surface area contributed by atoms with Crippen molar-refractivity contribution in [2.24, 2.45) is 0 Å². The zero-order valence-corrected chi connectivity index (χ0v) is 20.6. The number of likely N-dealkylation sites (tertiary alicyclic amines) is 1. The summed E-state index contributed by atoms with van der Waals surface area (Å²) in [5.74, 6) is 1.13. The lowest BCUT2D eigenvalue weighted by Gasteiger charge is -2.33. The van der Waals surface area contributed by atoms with Crippen molar-refractivity contribution in [2.75, 3.05) is 26.8 Å². The first-order chi connectivity index (χ1) is 17.1. The molecule has 0 radical (unpaired) electrons.